The van der Waals surface area contributed by atoms with Crippen molar-refractivity contribution in [3.05, 3.63) is 65.9 Å². The lowest BCUT2D eigenvalue weighted by atomic mass is 10.1. The van der Waals surface area contributed by atoms with E-state index in [9.17, 15) is 5.11 Å². The molecule has 36 heavy (non-hydrogen) atoms. The highest BCUT2D eigenvalue weighted by Crippen LogP contribution is 2.21. The van der Waals surface area contributed by atoms with Crippen LogP contribution in [0, 0.1) is 10.2 Å². The van der Waals surface area contributed by atoms with Crippen LogP contribution in [-0.2, 0) is 6.54 Å². The van der Waals surface area contributed by atoms with Crippen LogP contribution in [0.4, 0.5) is 0 Å². The summed E-state index contributed by atoms with van der Waals surface area (Å²) in [6.45, 7) is 3.25. The van der Waals surface area contributed by atoms with Gasteiger partial charge in [-0.05, 0) is 36.8 Å². The van der Waals surface area contributed by atoms with Gasteiger partial charge in [-0.15, -0.1) is 10.2 Å². The molecule has 1 aromatic heterocycles. The van der Waals surface area contributed by atoms with Crippen molar-refractivity contribution in [3.63, 3.8) is 0 Å². The summed E-state index contributed by atoms with van der Waals surface area (Å²) >= 11 is 0. The van der Waals surface area contributed by atoms with Crippen LogP contribution in [0.5, 0.6) is 11.5 Å². The van der Waals surface area contributed by atoms with Crippen LogP contribution < -0.4 is 27.9 Å². The van der Waals surface area contributed by atoms with Crippen LogP contribution in [0.2, 0.25) is 0 Å². The number of unbranched alkanes of at least 4 members (excludes halogenated alkanes) is 7. The van der Waals surface area contributed by atoms with Crippen LogP contribution in [0.3, 0.4) is 0 Å². The van der Waals surface area contributed by atoms with E-state index in [-0.39, 0.29) is 0 Å². The number of phenols is 1. The number of aryl methyl sites for hydroxylation is 1. The maximum atomic E-state index is 10.1. The molecular weight excluding hydrogens is 482 g/mol. The second-order valence-corrected chi connectivity index (χ2v) is 9.34. The molecule has 0 fully saturated rings. The Bertz CT molecular complexity index is 1090. The quantitative estimate of drug-likeness (QED) is 0.290. The molecule has 3 aromatic rings. The van der Waals surface area contributed by atoms with Crippen molar-refractivity contribution in [1.82, 2.24) is 0 Å². The van der Waals surface area contributed by atoms with Crippen molar-refractivity contribution in [3.8, 4) is 11.5 Å². The first-order valence-electron chi connectivity index (χ1n) is 12.3. The van der Waals surface area contributed by atoms with E-state index >= 15 is 0 Å². The fraction of sp³-hybridized carbons (Fsp3) is 0.393. The van der Waals surface area contributed by atoms with E-state index in [1.54, 1.807) is 13.2 Å². The summed E-state index contributed by atoms with van der Waals surface area (Å²) < 4.78 is 41.8. The summed E-state index contributed by atoms with van der Waals surface area (Å²) in [5.41, 5.74) is 3.18. The first-order valence-corrected chi connectivity index (χ1v) is 13.5. The number of hydrogen-bond donors (Lipinski definition) is 1. The van der Waals surface area contributed by atoms with E-state index in [4.69, 9.17) is 23.4 Å². The summed E-state index contributed by atoms with van der Waals surface area (Å²) in [5, 5.41) is 11.3. The zero-order valence-electron chi connectivity index (χ0n) is 21.0. The fourth-order valence-corrected chi connectivity index (χ4v) is 4.05. The Morgan fingerprint density at radius 3 is 2.11 bits per heavy atom. The maximum absolute atomic E-state index is 10.1. The molecule has 2 aromatic carbocycles. The number of halogens is 1. The predicted octanol–water partition coefficient (Wildman–Crippen LogP) is 2.40. The van der Waals surface area contributed by atoms with Gasteiger partial charge in [0.25, 0.3) is 0 Å². The van der Waals surface area contributed by atoms with Crippen molar-refractivity contribution >= 4 is 23.1 Å². The lowest BCUT2D eigenvalue weighted by Gasteiger charge is -2.17. The van der Waals surface area contributed by atoms with Crippen LogP contribution in [0.1, 0.15) is 69.5 Å². The second-order valence-electron chi connectivity index (χ2n) is 8.58. The van der Waals surface area contributed by atoms with Gasteiger partial charge in [0.2, 0.25) is 11.2 Å². The average molecular weight is 518 g/mol. The van der Waals surface area contributed by atoms with Gasteiger partial charge in [-0.2, -0.15) is 4.57 Å². The van der Waals surface area contributed by atoms with Crippen molar-refractivity contribution < 1.29 is 43.3 Å². The standard InChI is InChI=1S/C28H35NO2.ClHO4/c1-3-4-5-6-7-8-9-12-21-29-25(17-15-23-13-10-11-14-28(23)30)18-16-24-22-26(31-2)19-20-27(24)29;2-1(3,4)5/h10-11,13-20,22H,3-9,12,21H2,1-2H3;(H,2,3,4,5). The molecule has 0 saturated carbocycles. The number of benzene rings is 2. The van der Waals surface area contributed by atoms with Gasteiger partial charge in [0.15, 0.2) is 0 Å². The third-order valence-electron chi connectivity index (χ3n) is 5.88. The number of para-hydroxylation sites is 1. The third-order valence-corrected chi connectivity index (χ3v) is 5.88. The number of nitrogens with zero attached hydrogens (tertiary/aromatic N) is 1. The average Bonchev–Trinajstić information content (AvgIpc) is 2.84. The number of fused-ring (bicyclic) bond motifs is 1. The molecule has 1 heterocycles. The minimum atomic E-state index is -4.94. The first kappa shape index (κ1) is 29.5. The number of ether oxygens (including phenoxy) is 1. The van der Waals surface area contributed by atoms with Crippen molar-refractivity contribution in [2.24, 2.45) is 0 Å². The number of pyridine rings is 1. The van der Waals surface area contributed by atoms with Crippen LogP contribution in [0.15, 0.2) is 54.6 Å². The Hall–Kier alpha value is -2.68. The van der Waals surface area contributed by atoms with Gasteiger partial charge in [-0.3, -0.25) is 0 Å². The molecule has 0 atom stereocenters. The minimum Gasteiger partial charge on any atom is -0.507 e. The SMILES string of the molecule is CCCCCCCCCC[n+]1c(/C=C/c2ccccc2O)ccc2cc(OC)ccc21.[O-][Cl+3]([O-])([O-])[O-]. The molecule has 7 nitrogen and oxygen atoms in total. The lowest BCUT2D eigenvalue weighted by molar-refractivity contribution is -2.00. The molecule has 0 spiro atoms. The number of methoxy groups -OCH3 is 1. The van der Waals surface area contributed by atoms with Crippen LogP contribution >= 0.6 is 0 Å². The number of hydrogen-bond acceptors (Lipinski definition) is 6. The highest BCUT2D eigenvalue weighted by atomic mass is 35.7. The van der Waals surface area contributed by atoms with E-state index in [1.807, 2.05) is 30.3 Å². The number of phenolic OH excluding ortho intramolecular Hbond substituents is 1. The molecular formula is C28H36ClNO6. The molecule has 0 saturated heterocycles. The topological polar surface area (TPSA) is 126 Å². The van der Waals surface area contributed by atoms with Gasteiger partial charge in [0, 0.05) is 30.2 Å². The highest BCUT2D eigenvalue weighted by molar-refractivity contribution is 5.79. The van der Waals surface area contributed by atoms with Gasteiger partial charge < -0.3 is 9.84 Å². The Morgan fingerprint density at radius 2 is 1.47 bits per heavy atom. The lowest BCUT2D eigenvalue weighted by Crippen LogP contribution is -2.68. The molecule has 1 N–H and O–H groups in total. The molecule has 0 amide bonds. The van der Waals surface area contributed by atoms with Crippen molar-refractivity contribution in [1.29, 1.82) is 0 Å². The zero-order chi connectivity index (χ0) is 26.4. The van der Waals surface area contributed by atoms with Gasteiger partial charge in [-0.1, -0.05) is 63.6 Å². The zero-order valence-corrected chi connectivity index (χ0v) is 21.8. The van der Waals surface area contributed by atoms with E-state index in [1.165, 1.54) is 62.3 Å². The molecule has 0 unspecified atom stereocenters. The highest BCUT2D eigenvalue weighted by Gasteiger charge is 2.14. The third kappa shape index (κ3) is 10.9. The Balaban J connectivity index is 0.000000830. The van der Waals surface area contributed by atoms with E-state index in [0.717, 1.165) is 23.6 Å². The molecule has 3 rings (SSSR count). The van der Waals surface area contributed by atoms with Crippen molar-refractivity contribution in [2.45, 2.75) is 64.8 Å². The summed E-state index contributed by atoms with van der Waals surface area (Å²) in [6.07, 6.45) is 14.6. The van der Waals surface area contributed by atoms with E-state index in [2.05, 4.69) is 41.8 Å². The first-order chi connectivity index (χ1) is 17.2. The van der Waals surface area contributed by atoms with Gasteiger partial charge >= 0.3 is 0 Å². The summed E-state index contributed by atoms with van der Waals surface area (Å²) in [5.74, 6) is 1.18. The van der Waals surface area contributed by atoms with Gasteiger partial charge in [0.1, 0.15) is 18.0 Å². The summed E-state index contributed by atoms with van der Waals surface area (Å²) in [4.78, 5) is 0. The largest absolute Gasteiger partial charge is 0.507 e. The van der Waals surface area contributed by atoms with Gasteiger partial charge in [-0.25, -0.2) is 18.6 Å². The number of aromatic hydroxyl groups is 1. The maximum Gasteiger partial charge on any atom is 0.213 e. The normalized spacial score (nSPS) is 11.5. The Kier molecular flexibility index (Phi) is 12.7. The van der Waals surface area contributed by atoms with E-state index < -0.39 is 10.2 Å². The molecule has 0 aliphatic heterocycles. The minimum absolute atomic E-state index is 0.305. The molecule has 8 heteroatoms. The van der Waals surface area contributed by atoms with E-state index in [0.29, 0.717) is 5.75 Å². The molecule has 0 aliphatic carbocycles. The Morgan fingerprint density at radius 1 is 0.833 bits per heavy atom. The number of aromatic nitrogens is 1. The summed E-state index contributed by atoms with van der Waals surface area (Å²) in [6, 6.07) is 18.0. The molecule has 0 radical (unpaired) electrons. The Labute approximate surface area is 215 Å². The smallest absolute Gasteiger partial charge is 0.213 e. The number of rotatable bonds is 12. The molecule has 0 bridgehead atoms. The second kappa shape index (κ2) is 15.4. The monoisotopic (exact) mass is 517 g/mol. The summed E-state index contributed by atoms with van der Waals surface area (Å²) in [7, 11) is -3.24. The molecule has 0 aliphatic rings. The van der Waals surface area contributed by atoms with Crippen molar-refractivity contribution in [2.75, 3.05) is 7.11 Å². The van der Waals surface area contributed by atoms with Crippen LogP contribution in [0.25, 0.3) is 23.1 Å². The van der Waals surface area contributed by atoms with Gasteiger partial charge in [0.05, 0.1) is 12.5 Å². The van der Waals surface area contributed by atoms with Crippen LogP contribution in [-0.4, -0.2) is 12.2 Å². The predicted molar refractivity (Wildman–Crippen MR) is 130 cm³/mol. The molecule has 196 valence electrons. The fourth-order valence-electron chi connectivity index (χ4n) is 4.05.